The number of rotatable bonds is 4. The topological polar surface area (TPSA) is 29.5 Å². The van der Waals surface area contributed by atoms with Crippen LogP contribution in [-0.4, -0.2) is 23.9 Å². The van der Waals surface area contributed by atoms with Gasteiger partial charge in [0.05, 0.1) is 12.2 Å². The van der Waals surface area contributed by atoms with Gasteiger partial charge in [-0.3, -0.25) is 0 Å². The van der Waals surface area contributed by atoms with Crippen molar-refractivity contribution in [3.63, 3.8) is 0 Å². The van der Waals surface area contributed by atoms with E-state index in [1.165, 1.54) is 6.42 Å². The first-order valence-electron chi connectivity index (χ1n) is 5.50. The third kappa shape index (κ3) is 4.10. The predicted molar refractivity (Wildman–Crippen MR) is 53.7 cm³/mol. The smallest absolute Gasteiger partial charge is 0.0833 e. The van der Waals surface area contributed by atoms with Crippen molar-refractivity contribution in [1.29, 1.82) is 0 Å². The van der Waals surface area contributed by atoms with Gasteiger partial charge >= 0.3 is 0 Å². The average molecular weight is 186 g/mol. The molecule has 2 atom stereocenters. The summed E-state index contributed by atoms with van der Waals surface area (Å²) in [4.78, 5) is 0. The monoisotopic (exact) mass is 186 g/mol. The Morgan fingerprint density at radius 2 is 2.00 bits per heavy atom. The van der Waals surface area contributed by atoms with E-state index in [0.717, 1.165) is 32.3 Å². The lowest BCUT2D eigenvalue weighted by Crippen LogP contribution is -2.32. The predicted octanol–water partition coefficient (Wildman–Crippen LogP) is 2.35. The second-order valence-corrected chi connectivity index (χ2v) is 4.44. The SMILES string of the molecule is CC(C)CCOC1CCCCC1O. The molecule has 2 nitrogen and oxygen atoms in total. The Hall–Kier alpha value is -0.0800. The van der Waals surface area contributed by atoms with Crippen molar-refractivity contribution in [1.82, 2.24) is 0 Å². The minimum Gasteiger partial charge on any atom is -0.390 e. The molecule has 0 saturated heterocycles. The number of ether oxygens (including phenoxy) is 1. The maximum absolute atomic E-state index is 9.61. The molecule has 1 saturated carbocycles. The molecular formula is C11H22O2. The van der Waals surface area contributed by atoms with Gasteiger partial charge < -0.3 is 9.84 Å². The lowest BCUT2D eigenvalue weighted by Gasteiger charge is -2.27. The highest BCUT2D eigenvalue weighted by molar-refractivity contribution is 4.74. The summed E-state index contributed by atoms with van der Waals surface area (Å²) < 4.78 is 5.66. The summed E-state index contributed by atoms with van der Waals surface area (Å²) in [6.45, 7) is 5.20. The second-order valence-electron chi connectivity index (χ2n) is 4.44. The van der Waals surface area contributed by atoms with E-state index in [1.807, 2.05) is 0 Å². The van der Waals surface area contributed by atoms with E-state index in [4.69, 9.17) is 4.74 Å². The van der Waals surface area contributed by atoms with Crippen molar-refractivity contribution in [2.75, 3.05) is 6.61 Å². The van der Waals surface area contributed by atoms with Crippen LogP contribution in [0, 0.1) is 5.92 Å². The Morgan fingerprint density at radius 3 is 2.62 bits per heavy atom. The fourth-order valence-electron chi connectivity index (χ4n) is 1.73. The van der Waals surface area contributed by atoms with Gasteiger partial charge in [0.1, 0.15) is 0 Å². The second kappa shape index (κ2) is 5.61. The standard InChI is InChI=1S/C11H22O2/c1-9(2)7-8-13-11-6-4-3-5-10(11)12/h9-12H,3-8H2,1-2H3. The lowest BCUT2D eigenvalue weighted by molar-refractivity contribution is -0.0610. The summed E-state index contributed by atoms with van der Waals surface area (Å²) in [7, 11) is 0. The first-order chi connectivity index (χ1) is 6.20. The van der Waals surface area contributed by atoms with Gasteiger partial charge in [0, 0.05) is 6.61 Å². The largest absolute Gasteiger partial charge is 0.390 e. The summed E-state index contributed by atoms with van der Waals surface area (Å²) in [6.07, 6.45) is 5.34. The molecule has 0 amide bonds. The number of aliphatic hydroxyl groups is 1. The van der Waals surface area contributed by atoms with E-state index in [-0.39, 0.29) is 12.2 Å². The summed E-state index contributed by atoms with van der Waals surface area (Å²) in [5.41, 5.74) is 0. The zero-order valence-electron chi connectivity index (χ0n) is 8.83. The van der Waals surface area contributed by atoms with Crippen LogP contribution < -0.4 is 0 Å². The van der Waals surface area contributed by atoms with Gasteiger partial charge in [0.2, 0.25) is 0 Å². The summed E-state index contributed by atoms with van der Waals surface area (Å²) in [5, 5.41) is 9.61. The first-order valence-corrected chi connectivity index (χ1v) is 5.50. The summed E-state index contributed by atoms with van der Waals surface area (Å²) in [5.74, 6) is 0.695. The van der Waals surface area contributed by atoms with Gasteiger partial charge in [0.15, 0.2) is 0 Å². The van der Waals surface area contributed by atoms with E-state index in [1.54, 1.807) is 0 Å². The van der Waals surface area contributed by atoms with E-state index in [2.05, 4.69) is 13.8 Å². The molecular weight excluding hydrogens is 164 g/mol. The Bertz CT molecular complexity index is 134. The van der Waals surface area contributed by atoms with Gasteiger partial charge in [-0.05, 0) is 25.2 Å². The van der Waals surface area contributed by atoms with Gasteiger partial charge in [-0.15, -0.1) is 0 Å². The Kier molecular flexibility index (Phi) is 4.74. The van der Waals surface area contributed by atoms with Crippen LogP contribution in [0.2, 0.25) is 0 Å². The molecule has 1 aliphatic rings. The van der Waals surface area contributed by atoms with Crippen LogP contribution in [0.1, 0.15) is 46.0 Å². The van der Waals surface area contributed by atoms with E-state index < -0.39 is 0 Å². The normalized spacial score (nSPS) is 29.5. The average Bonchev–Trinajstić information content (AvgIpc) is 2.08. The first kappa shape index (κ1) is 11.0. The van der Waals surface area contributed by atoms with Gasteiger partial charge in [-0.25, -0.2) is 0 Å². The Balaban J connectivity index is 2.11. The minimum atomic E-state index is -0.207. The molecule has 0 aromatic heterocycles. The molecule has 13 heavy (non-hydrogen) atoms. The zero-order valence-corrected chi connectivity index (χ0v) is 8.83. The van der Waals surface area contributed by atoms with Gasteiger partial charge in [-0.1, -0.05) is 26.7 Å². The summed E-state index contributed by atoms with van der Waals surface area (Å²) >= 11 is 0. The van der Waals surface area contributed by atoms with Gasteiger partial charge in [-0.2, -0.15) is 0 Å². The van der Waals surface area contributed by atoms with Crippen LogP contribution in [0.4, 0.5) is 0 Å². The fourth-order valence-corrected chi connectivity index (χ4v) is 1.73. The molecule has 2 heteroatoms. The van der Waals surface area contributed by atoms with Crippen molar-refractivity contribution in [3.8, 4) is 0 Å². The Morgan fingerprint density at radius 1 is 1.31 bits per heavy atom. The molecule has 0 spiro atoms. The van der Waals surface area contributed by atoms with Crippen LogP contribution in [0.25, 0.3) is 0 Å². The highest BCUT2D eigenvalue weighted by atomic mass is 16.5. The zero-order chi connectivity index (χ0) is 9.68. The van der Waals surface area contributed by atoms with Crippen molar-refractivity contribution >= 4 is 0 Å². The van der Waals surface area contributed by atoms with Crippen molar-refractivity contribution in [3.05, 3.63) is 0 Å². The molecule has 1 fully saturated rings. The van der Waals surface area contributed by atoms with Crippen molar-refractivity contribution in [2.45, 2.75) is 58.2 Å². The molecule has 0 aromatic rings. The van der Waals surface area contributed by atoms with Crippen LogP contribution in [-0.2, 0) is 4.74 Å². The molecule has 0 aromatic carbocycles. The third-order valence-electron chi connectivity index (χ3n) is 2.69. The molecule has 0 aliphatic heterocycles. The molecule has 2 unspecified atom stereocenters. The molecule has 1 N–H and O–H groups in total. The van der Waals surface area contributed by atoms with Crippen LogP contribution in [0.5, 0.6) is 0 Å². The molecule has 0 radical (unpaired) electrons. The Labute approximate surface area is 81.3 Å². The lowest BCUT2D eigenvalue weighted by atomic mass is 9.95. The highest BCUT2D eigenvalue weighted by Crippen LogP contribution is 2.21. The van der Waals surface area contributed by atoms with Crippen LogP contribution in [0.15, 0.2) is 0 Å². The van der Waals surface area contributed by atoms with E-state index in [9.17, 15) is 5.11 Å². The van der Waals surface area contributed by atoms with Crippen LogP contribution in [0.3, 0.4) is 0 Å². The molecule has 0 heterocycles. The maximum Gasteiger partial charge on any atom is 0.0833 e. The molecule has 78 valence electrons. The van der Waals surface area contributed by atoms with E-state index in [0.29, 0.717) is 5.92 Å². The quantitative estimate of drug-likeness (QED) is 0.730. The van der Waals surface area contributed by atoms with Crippen molar-refractivity contribution < 1.29 is 9.84 Å². The fraction of sp³-hybridized carbons (Fsp3) is 1.00. The number of hydrogen-bond acceptors (Lipinski definition) is 2. The molecule has 0 bridgehead atoms. The van der Waals surface area contributed by atoms with Gasteiger partial charge in [0.25, 0.3) is 0 Å². The van der Waals surface area contributed by atoms with Crippen LogP contribution >= 0.6 is 0 Å². The maximum atomic E-state index is 9.61. The number of hydrogen-bond donors (Lipinski definition) is 1. The highest BCUT2D eigenvalue weighted by Gasteiger charge is 2.23. The number of aliphatic hydroxyl groups excluding tert-OH is 1. The third-order valence-corrected chi connectivity index (χ3v) is 2.69. The minimum absolute atomic E-state index is 0.118. The molecule has 1 rings (SSSR count). The molecule has 1 aliphatic carbocycles. The van der Waals surface area contributed by atoms with E-state index >= 15 is 0 Å². The summed E-state index contributed by atoms with van der Waals surface area (Å²) in [6, 6.07) is 0. The van der Waals surface area contributed by atoms with Crippen molar-refractivity contribution in [2.24, 2.45) is 5.92 Å².